The molecule has 3 aromatic rings. The lowest BCUT2D eigenvalue weighted by molar-refractivity contribution is 0.0693. The van der Waals surface area contributed by atoms with E-state index in [0.717, 1.165) is 11.3 Å². The minimum Gasteiger partial charge on any atom is -0.487 e. The van der Waals surface area contributed by atoms with E-state index in [4.69, 9.17) is 9.84 Å². The quantitative estimate of drug-likeness (QED) is 0.692. The van der Waals surface area contributed by atoms with E-state index >= 15 is 0 Å². The van der Waals surface area contributed by atoms with Crippen LogP contribution in [0, 0.1) is 0 Å². The normalized spacial score (nSPS) is 10.6. The Morgan fingerprint density at radius 1 is 1.08 bits per heavy atom. The largest absolute Gasteiger partial charge is 0.487 e. The molecular weight excluding hydrogens is 320 g/mol. The number of hydrogen-bond donors (Lipinski definition) is 2. The van der Waals surface area contributed by atoms with Crippen LogP contribution < -0.4 is 4.74 Å². The van der Waals surface area contributed by atoms with E-state index in [0.29, 0.717) is 17.9 Å². The van der Waals surface area contributed by atoms with Crippen molar-refractivity contribution in [3.05, 3.63) is 77.6 Å². The first kappa shape index (κ1) is 16.7. The maximum absolute atomic E-state index is 11.5. The molecule has 0 spiro atoms. The van der Waals surface area contributed by atoms with Gasteiger partial charge in [-0.3, -0.25) is 0 Å². The first-order valence-electron chi connectivity index (χ1n) is 7.87. The number of hydrogen-bond acceptors (Lipinski definition) is 4. The number of ether oxygens (including phenoxy) is 1. The van der Waals surface area contributed by atoms with Gasteiger partial charge < -0.3 is 14.9 Å². The fraction of sp³-hybridized carbons (Fsp3) is 0.158. The molecule has 0 aliphatic rings. The van der Waals surface area contributed by atoms with Crippen LogP contribution in [0.25, 0.3) is 5.69 Å². The van der Waals surface area contributed by atoms with E-state index < -0.39 is 5.97 Å². The van der Waals surface area contributed by atoms with E-state index in [9.17, 15) is 9.90 Å². The highest BCUT2D eigenvalue weighted by molar-refractivity contribution is 5.88. The summed E-state index contributed by atoms with van der Waals surface area (Å²) in [6, 6.07) is 16.7. The average molecular weight is 338 g/mol. The summed E-state index contributed by atoms with van der Waals surface area (Å²) in [5.74, 6) is -0.419. The van der Waals surface area contributed by atoms with E-state index in [2.05, 4.69) is 5.10 Å². The molecule has 0 saturated heterocycles. The molecule has 6 nitrogen and oxygen atoms in total. The van der Waals surface area contributed by atoms with Crippen molar-refractivity contribution in [3.8, 4) is 11.4 Å². The molecule has 0 aliphatic heterocycles. The average Bonchev–Trinajstić information content (AvgIpc) is 3.06. The van der Waals surface area contributed by atoms with Gasteiger partial charge in [0.25, 0.3) is 0 Å². The van der Waals surface area contributed by atoms with Gasteiger partial charge in [0, 0.05) is 6.61 Å². The van der Waals surface area contributed by atoms with E-state index in [-0.39, 0.29) is 18.8 Å². The number of carboxylic acid groups (broad SMARTS) is 1. The van der Waals surface area contributed by atoms with E-state index in [1.54, 1.807) is 16.8 Å². The van der Waals surface area contributed by atoms with Crippen LogP contribution in [0.4, 0.5) is 0 Å². The zero-order valence-electron chi connectivity index (χ0n) is 13.5. The fourth-order valence-electron chi connectivity index (χ4n) is 2.52. The number of aromatic carboxylic acids is 1. The SMILES string of the molecule is O=C(O)c1cnn(-c2ccccc2)c1COc1ccc(CCO)cc1. The molecule has 25 heavy (non-hydrogen) atoms. The molecule has 0 amide bonds. The molecule has 0 unspecified atom stereocenters. The van der Waals surface area contributed by atoms with Crippen LogP contribution in [0.1, 0.15) is 21.6 Å². The summed E-state index contributed by atoms with van der Waals surface area (Å²) in [6.07, 6.45) is 1.92. The van der Waals surface area contributed by atoms with Crippen LogP contribution in [-0.4, -0.2) is 32.6 Å². The van der Waals surface area contributed by atoms with Gasteiger partial charge in [-0.05, 0) is 36.2 Å². The van der Waals surface area contributed by atoms with Gasteiger partial charge in [0.1, 0.15) is 17.9 Å². The van der Waals surface area contributed by atoms with E-state index in [1.807, 2.05) is 42.5 Å². The van der Waals surface area contributed by atoms with Gasteiger partial charge >= 0.3 is 5.97 Å². The predicted octanol–water partition coefficient (Wildman–Crippen LogP) is 2.68. The predicted molar refractivity (Wildman–Crippen MR) is 92.1 cm³/mol. The standard InChI is InChI=1S/C19H18N2O4/c22-11-10-14-6-8-16(9-7-14)25-13-18-17(19(23)24)12-20-21(18)15-4-2-1-3-5-15/h1-9,12,22H,10-11,13H2,(H,23,24). The number of benzene rings is 2. The molecule has 1 heterocycles. The highest BCUT2D eigenvalue weighted by Gasteiger charge is 2.18. The fourth-order valence-corrected chi connectivity index (χ4v) is 2.52. The molecule has 0 saturated carbocycles. The van der Waals surface area contributed by atoms with Crippen molar-refractivity contribution in [1.82, 2.24) is 9.78 Å². The van der Waals surface area contributed by atoms with Crippen molar-refractivity contribution in [1.29, 1.82) is 0 Å². The second-order valence-electron chi connectivity index (χ2n) is 5.46. The highest BCUT2D eigenvalue weighted by atomic mass is 16.5. The van der Waals surface area contributed by atoms with Gasteiger partial charge in [-0.2, -0.15) is 5.10 Å². The van der Waals surface area contributed by atoms with Gasteiger partial charge in [0.05, 0.1) is 17.6 Å². The van der Waals surface area contributed by atoms with Crippen LogP contribution in [-0.2, 0) is 13.0 Å². The van der Waals surface area contributed by atoms with Crippen LogP contribution in [0.5, 0.6) is 5.75 Å². The van der Waals surface area contributed by atoms with Gasteiger partial charge in [0.2, 0.25) is 0 Å². The molecule has 2 aromatic carbocycles. The summed E-state index contributed by atoms with van der Waals surface area (Å²) < 4.78 is 7.32. The molecule has 3 rings (SSSR count). The Balaban J connectivity index is 1.83. The number of aromatic nitrogens is 2. The number of carbonyl (C=O) groups is 1. The minimum absolute atomic E-state index is 0.0792. The summed E-state index contributed by atoms with van der Waals surface area (Å²) in [5.41, 5.74) is 2.36. The van der Waals surface area contributed by atoms with Gasteiger partial charge in [0.15, 0.2) is 0 Å². The Kier molecular flexibility index (Phi) is 5.11. The third-order valence-electron chi connectivity index (χ3n) is 3.80. The van der Waals surface area contributed by atoms with Crippen LogP contribution >= 0.6 is 0 Å². The van der Waals surface area contributed by atoms with Crippen LogP contribution in [0.2, 0.25) is 0 Å². The summed E-state index contributed by atoms with van der Waals surface area (Å²) in [6.45, 7) is 0.175. The van der Waals surface area contributed by atoms with Crippen LogP contribution in [0.3, 0.4) is 0 Å². The second-order valence-corrected chi connectivity index (χ2v) is 5.46. The molecule has 0 aliphatic carbocycles. The first-order chi connectivity index (χ1) is 12.2. The molecule has 0 fully saturated rings. The Morgan fingerprint density at radius 2 is 1.80 bits per heavy atom. The zero-order valence-corrected chi connectivity index (χ0v) is 13.5. The Labute approximate surface area is 144 Å². The zero-order chi connectivity index (χ0) is 17.6. The number of nitrogens with zero attached hydrogens (tertiary/aromatic N) is 2. The van der Waals surface area contributed by atoms with Crippen molar-refractivity contribution in [2.75, 3.05) is 6.61 Å². The highest BCUT2D eigenvalue weighted by Crippen LogP contribution is 2.19. The lowest BCUT2D eigenvalue weighted by Crippen LogP contribution is -2.10. The van der Waals surface area contributed by atoms with E-state index in [1.165, 1.54) is 6.20 Å². The topological polar surface area (TPSA) is 84.6 Å². The Bertz CT molecular complexity index is 842. The summed E-state index contributed by atoms with van der Waals surface area (Å²) in [5, 5.41) is 22.5. The molecule has 2 N–H and O–H groups in total. The first-order valence-corrected chi connectivity index (χ1v) is 7.87. The molecular formula is C19H18N2O4. The van der Waals surface area contributed by atoms with Gasteiger partial charge in [-0.15, -0.1) is 0 Å². The monoisotopic (exact) mass is 338 g/mol. The Hall–Kier alpha value is -3.12. The smallest absolute Gasteiger partial charge is 0.339 e. The van der Waals surface area contributed by atoms with Crippen molar-refractivity contribution in [2.45, 2.75) is 13.0 Å². The molecule has 128 valence electrons. The van der Waals surface area contributed by atoms with Crippen molar-refractivity contribution in [2.24, 2.45) is 0 Å². The lowest BCUT2D eigenvalue weighted by atomic mass is 10.1. The van der Waals surface area contributed by atoms with Crippen molar-refractivity contribution in [3.63, 3.8) is 0 Å². The maximum atomic E-state index is 11.5. The molecule has 0 radical (unpaired) electrons. The number of aliphatic hydroxyl groups is 1. The summed E-state index contributed by atoms with van der Waals surface area (Å²) >= 11 is 0. The summed E-state index contributed by atoms with van der Waals surface area (Å²) in [7, 11) is 0. The van der Waals surface area contributed by atoms with Crippen molar-refractivity contribution >= 4 is 5.97 Å². The summed E-state index contributed by atoms with van der Waals surface area (Å²) in [4.78, 5) is 11.5. The van der Waals surface area contributed by atoms with Gasteiger partial charge in [-0.1, -0.05) is 30.3 Å². The molecule has 6 heteroatoms. The number of para-hydroxylation sites is 1. The molecule has 1 aromatic heterocycles. The van der Waals surface area contributed by atoms with Crippen LogP contribution in [0.15, 0.2) is 60.8 Å². The second kappa shape index (κ2) is 7.63. The van der Waals surface area contributed by atoms with Gasteiger partial charge in [-0.25, -0.2) is 9.48 Å². The number of aliphatic hydroxyl groups excluding tert-OH is 1. The lowest BCUT2D eigenvalue weighted by Gasteiger charge is -2.11. The minimum atomic E-state index is -1.04. The number of carboxylic acids is 1. The third kappa shape index (κ3) is 3.87. The third-order valence-corrected chi connectivity index (χ3v) is 3.80. The Morgan fingerprint density at radius 3 is 2.44 bits per heavy atom. The van der Waals surface area contributed by atoms with Crippen molar-refractivity contribution < 1.29 is 19.7 Å². The molecule has 0 atom stereocenters. The maximum Gasteiger partial charge on any atom is 0.339 e. The number of rotatable bonds is 7. The molecule has 0 bridgehead atoms.